The minimum absolute atomic E-state index is 0.0418. The molecule has 0 bridgehead atoms. The molecule has 1 rings (SSSR count). The van der Waals surface area contributed by atoms with Gasteiger partial charge in [0.15, 0.2) is 5.82 Å². The largest absolute Gasteiger partial charge is 0.394 e. The molecule has 0 aromatic carbocycles. The number of aryl methyl sites for hydroxylation is 1. The summed E-state index contributed by atoms with van der Waals surface area (Å²) in [6.07, 6.45) is 0. The number of hydrogen-bond donors (Lipinski definition) is 2. The Balaban J connectivity index is 2.56. The zero-order chi connectivity index (χ0) is 9.84. The third-order valence-corrected chi connectivity index (χ3v) is 1.84. The van der Waals surface area contributed by atoms with E-state index >= 15 is 0 Å². The third kappa shape index (κ3) is 2.69. The smallest absolute Gasteiger partial charge is 0.321 e. The van der Waals surface area contributed by atoms with Gasteiger partial charge in [-0.3, -0.25) is 0 Å². The standard InChI is InChI=1S/C8H15N3O2/c1-5(2)7(4-12)10-8-9-6(3)11-13-8/h5,7,12H,4H2,1-3H3,(H,9,10,11). The Kier molecular flexibility index (Phi) is 3.25. The highest BCUT2D eigenvalue weighted by Gasteiger charge is 2.14. The van der Waals surface area contributed by atoms with Gasteiger partial charge in [-0.2, -0.15) is 4.98 Å². The Morgan fingerprint density at radius 2 is 2.23 bits per heavy atom. The van der Waals surface area contributed by atoms with Gasteiger partial charge in [0.1, 0.15) is 0 Å². The van der Waals surface area contributed by atoms with E-state index in [-0.39, 0.29) is 12.6 Å². The summed E-state index contributed by atoms with van der Waals surface area (Å²) in [6, 6.07) is 0.324. The number of rotatable bonds is 4. The van der Waals surface area contributed by atoms with Crippen LogP contribution in [-0.2, 0) is 0 Å². The molecule has 0 fully saturated rings. The van der Waals surface area contributed by atoms with Gasteiger partial charge in [0, 0.05) is 0 Å². The average Bonchev–Trinajstić information content (AvgIpc) is 2.46. The molecular weight excluding hydrogens is 170 g/mol. The Labute approximate surface area is 77.2 Å². The van der Waals surface area contributed by atoms with Crippen molar-refractivity contribution in [2.24, 2.45) is 5.92 Å². The summed E-state index contributed by atoms with van der Waals surface area (Å²) in [6.45, 7) is 5.82. The molecule has 1 aromatic heterocycles. The number of aromatic nitrogens is 2. The maximum absolute atomic E-state index is 9.01. The summed E-state index contributed by atoms with van der Waals surface area (Å²) in [5.74, 6) is 0.903. The Morgan fingerprint density at radius 1 is 1.54 bits per heavy atom. The molecule has 0 radical (unpaired) electrons. The Bertz CT molecular complexity index is 260. The lowest BCUT2D eigenvalue weighted by Gasteiger charge is -2.17. The number of nitrogens with one attached hydrogen (secondary N) is 1. The van der Waals surface area contributed by atoms with Crippen molar-refractivity contribution in [2.45, 2.75) is 26.8 Å². The quantitative estimate of drug-likeness (QED) is 0.726. The van der Waals surface area contributed by atoms with Crippen LogP contribution in [0, 0.1) is 12.8 Å². The molecule has 5 nitrogen and oxygen atoms in total. The molecule has 13 heavy (non-hydrogen) atoms. The van der Waals surface area contributed by atoms with Gasteiger partial charge in [-0.25, -0.2) is 0 Å². The first-order valence-corrected chi connectivity index (χ1v) is 4.31. The van der Waals surface area contributed by atoms with Crippen molar-refractivity contribution in [2.75, 3.05) is 11.9 Å². The number of aliphatic hydroxyl groups is 1. The van der Waals surface area contributed by atoms with Crippen LogP contribution in [0.5, 0.6) is 0 Å². The SMILES string of the molecule is Cc1noc(NC(CO)C(C)C)n1. The second-order valence-corrected chi connectivity index (χ2v) is 3.32. The van der Waals surface area contributed by atoms with E-state index in [2.05, 4.69) is 15.5 Å². The molecule has 0 saturated carbocycles. The number of anilines is 1. The molecule has 74 valence electrons. The third-order valence-electron chi connectivity index (χ3n) is 1.84. The summed E-state index contributed by atoms with van der Waals surface area (Å²) in [7, 11) is 0. The molecule has 1 unspecified atom stereocenters. The molecule has 2 N–H and O–H groups in total. The van der Waals surface area contributed by atoms with Crippen LogP contribution in [0.1, 0.15) is 19.7 Å². The van der Waals surface area contributed by atoms with E-state index in [1.165, 1.54) is 0 Å². The summed E-state index contributed by atoms with van der Waals surface area (Å²) < 4.78 is 4.86. The highest BCUT2D eigenvalue weighted by atomic mass is 16.5. The first-order chi connectivity index (χ1) is 6.13. The van der Waals surface area contributed by atoms with Crippen molar-refractivity contribution in [3.8, 4) is 0 Å². The molecule has 0 saturated heterocycles. The van der Waals surface area contributed by atoms with E-state index in [1.807, 2.05) is 13.8 Å². The normalized spacial score (nSPS) is 13.3. The van der Waals surface area contributed by atoms with Gasteiger partial charge in [0.2, 0.25) is 0 Å². The number of hydrogen-bond acceptors (Lipinski definition) is 5. The van der Waals surface area contributed by atoms with Gasteiger partial charge in [0.25, 0.3) is 0 Å². The molecule has 0 amide bonds. The average molecular weight is 185 g/mol. The lowest BCUT2D eigenvalue weighted by atomic mass is 10.1. The van der Waals surface area contributed by atoms with Crippen LogP contribution in [0.25, 0.3) is 0 Å². The molecule has 0 aliphatic rings. The van der Waals surface area contributed by atoms with Gasteiger partial charge < -0.3 is 14.9 Å². The summed E-state index contributed by atoms with van der Waals surface area (Å²) in [4.78, 5) is 3.98. The van der Waals surface area contributed by atoms with Gasteiger partial charge in [-0.15, -0.1) is 0 Å². The maximum Gasteiger partial charge on any atom is 0.321 e. The monoisotopic (exact) mass is 185 g/mol. The molecule has 1 aromatic rings. The van der Waals surface area contributed by atoms with Gasteiger partial charge in [0.05, 0.1) is 12.6 Å². The van der Waals surface area contributed by atoms with Crippen LogP contribution in [0.2, 0.25) is 0 Å². The Hall–Kier alpha value is -1.10. The fraction of sp³-hybridized carbons (Fsp3) is 0.750. The van der Waals surface area contributed by atoms with Crippen LogP contribution < -0.4 is 5.32 Å². The molecule has 0 spiro atoms. The molecule has 5 heteroatoms. The second kappa shape index (κ2) is 4.23. The van der Waals surface area contributed by atoms with E-state index in [4.69, 9.17) is 9.63 Å². The van der Waals surface area contributed by atoms with Crippen molar-refractivity contribution in [3.63, 3.8) is 0 Å². The number of aliphatic hydroxyl groups excluding tert-OH is 1. The van der Waals surface area contributed by atoms with Crippen molar-refractivity contribution >= 4 is 6.01 Å². The van der Waals surface area contributed by atoms with E-state index in [0.717, 1.165) is 0 Å². The zero-order valence-electron chi connectivity index (χ0n) is 8.11. The zero-order valence-corrected chi connectivity index (χ0v) is 8.11. The summed E-state index contributed by atoms with van der Waals surface area (Å²) >= 11 is 0. The first kappa shape index (κ1) is 9.98. The van der Waals surface area contributed by atoms with Crippen LogP contribution >= 0.6 is 0 Å². The molecular formula is C8H15N3O2. The number of nitrogens with zero attached hydrogens (tertiary/aromatic N) is 2. The van der Waals surface area contributed by atoms with Gasteiger partial charge in [-0.05, 0) is 12.8 Å². The van der Waals surface area contributed by atoms with Crippen LogP contribution in [0.15, 0.2) is 4.52 Å². The van der Waals surface area contributed by atoms with Crippen molar-refractivity contribution in [1.29, 1.82) is 0 Å². The minimum Gasteiger partial charge on any atom is -0.394 e. The van der Waals surface area contributed by atoms with Crippen molar-refractivity contribution in [1.82, 2.24) is 10.1 Å². The van der Waals surface area contributed by atoms with Gasteiger partial charge >= 0.3 is 6.01 Å². The fourth-order valence-corrected chi connectivity index (χ4v) is 0.937. The topological polar surface area (TPSA) is 71.2 Å². The van der Waals surface area contributed by atoms with Gasteiger partial charge in [-0.1, -0.05) is 19.0 Å². The molecule has 0 aliphatic heterocycles. The predicted molar refractivity (Wildman–Crippen MR) is 48.4 cm³/mol. The minimum atomic E-state index is -0.0418. The second-order valence-electron chi connectivity index (χ2n) is 3.32. The molecule has 1 atom stereocenters. The van der Waals surface area contributed by atoms with Crippen molar-refractivity contribution < 1.29 is 9.63 Å². The van der Waals surface area contributed by atoms with E-state index in [9.17, 15) is 0 Å². The van der Waals surface area contributed by atoms with E-state index < -0.39 is 0 Å². The van der Waals surface area contributed by atoms with E-state index in [0.29, 0.717) is 17.8 Å². The molecule has 1 heterocycles. The van der Waals surface area contributed by atoms with Crippen LogP contribution in [0.4, 0.5) is 6.01 Å². The predicted octanol–water partition coefficient (Wildman–Crippen LogP) is 0.807. The maximum atomic E-state index is 9.01. The highest BCUT2D eigenvalue weighted by molar-refractivity contribution is 5.20. The summed E-state index contributed by atoms with van der Waals surface area (Å²) in [5.41, 5.74) is 0. The lowest BCUT2D eigenvalue weighted by Crippen LogP contribution is -2.29. The van der Waals surface area contributed by atoms with Crippen LogP contribution in [0.3, 0.4) is 0 Å². The molecule has 0 aliphatic carbocycles. The van der Waals surface area contributed by atoms with E-state index in [1.54, 1.807) is 6.92 Å². The fourth-order valence-electron chi connectivity index (χ4n) is 0.937. The first-order valence-electron chi connectivity index (χ1n) is 4.31. The summed E-state index contributed by atoms with van der Waals surface area (Å²) in [5, 5.41) is 15.6. The highest BCUT2D eigenvalue weighted by Crippen LogP contribution is 2.09. The van der Waals surface area contributed by atoms with Crippen LogP contribution in [-0.4, -0.2) is 27.9 Å². The Morgan fingerprint density at radius 3 is 2.62 bits per heavy atom. The lowest BCUT2D eigenvalue weighted by molar-refractivity contribution is 0.245. The van der Waals surface area contributed by atoms with Crippen molar-refractivity contribution in [3.05, 3.63) is 5.82 Å².